The highest BCUT2D eigenvalue weighted by Crippen LogP contribution is 2.34. The molecule has 0 radical (unpaired) electrons. The molecule has 110 heavy (non-hydrogen) atoms. The zero-order valence-corrected chi connectivity index (χ0v) is 73.8. The van der Waals surface area contributed by atoms with E-state index in [2.05, 4.69) is 291 Å². The van der Waals surface area contributed by atoms with Crippen LogP contribution >= 0.6 is 0 Å². The standard InChI is InChI=1S/C14H22F2N2.C14H21FN2.C14H24N2.C13H20F2N2.C13H22N2.C12H24N2.C11H22N2/c1-11(2)18-9-13(6-5-12(18)3)7-8-17(4)10-14(15)16;1-11(2)17-6-5-13(7-12(17)3)8-14(15)9-16(4)10-14;1-6-15(5)10-9-14-8-7-13(4)16(11-14)12(2)3;1-10(2)17-8-12(6-5-11(17)3)7-16(4)9-13(14)15;1-6-14(5)9-13-8-7-12(4)15(10-13)11(2)3;1-10(2)14-7-6-12(8-11(14)3)9-13(4)5;1-9(2)13-8-11(12(4)5)7-6-10(13)3/h5-6,9,11,14H,3,7-8,10H2,1-2,4H3;5-7,11H,3,8-10H2,1-2,4H3;7-8,11-12H,4,6,9-10H2,1-3,5H3;5-6,8,10,13H,3,7,9H2,1-2,4H3;7-8,10-11H,4,6,9H2,1-3,5H3;10,12H,3,6-9H2,1-2,4-5H3;9,11H,3,6-8H2,1-2,4-5H3. The fraction of sp³-hybridized carbons (Fsp3) is 0.626. The van der Waals surface area contributed by atoms with Crippen LogP contribution in [0.5, 0.6) is 0 Å². The van der Waals surface area contributed by atoms with Gasteiger partial charge in [-0.05, 0) is 282 Å². The molecule has 0 aromatic heterocycles. The minimum Gasteiger partial charge on any atom is -0.373 e. The van der Waals surface area contributed by atoms with Crippen LogP contribution in [0.4, 0.5) is 22.0 Å². The van der Waals surface area contributed by atoms with Gasteiger partial charge >= 0.3 is 0 Å². The maximum Gasteiger partial charge on any atom is 0.251 e. The first-order chi connectivity index (χ1) is 51.3. The molecule has 0 saturated carbocycles. The lowest BCUT2D eigenvalue weighted by molar-refractivity contribution is -0.0138. The molecule has 0 bridgehead atoms. The molecule has 2 unspecified atom stereocenters. The molecular weight excluding hydrogens is 1380 g/mol. The molecule has 0 aliphatic carbocycles. The monoisotopic (exact) mass is 1540 g/mol. The lowest BCUT2D eigenvalue weighted by atomic mass is 9.88. The first-order valence-electron chi connectivity index (χ1n) is 40.5. The van der Waals surface area contributed by atoms with Crippen molar-refractivity contribution in [3.8, 4) is 0 Å². The van der Waals surface area contributed by atoms with Crippen molar-refractivity contribution in [2.75, 3.05) is 149 Å². The van der Waals surface area contributed by atoms with E-state index in [0.29, 0.717) is 80.9 Å². The molecule has 19 heteroatoms. The van der Waals surface area contributed by atoms with Crippen LogP contribution in [0.25, 0.3) is 0 Å². The number of alkyl halides is 5. The summed E-state index contributed by atoms with van der Waals surface area (Å²) in [4.78, 5) is 30.1. The third kappa shape index (κ3) is 37.5. The molecular formula is C91H155F5N14. The van der Waals surface area contributed by atoms with E-state index in [4.69, 9.17) is 0 Å². The van der Waals surface area contributed by atoms with Crippen molar-refractivity contribution in [3.63, 3.8) is 0 Å². The number of piperidine rings is 2. The zero-order chi connectivity index (χ0) is 83.6. The number of hydrogen-bond acceptors (Lipinski definition) is 14. The second kappa shape index (κ2) is 49.9. The van der Waals surface area contributed by atoms with Gasteiger partial charge in [-0.15, -0.1) is 0 Å². The predicted molar refractivity (Wildman–Crippen MR) is 465 cm³/mol. The molecule has 0 aromatic rings. The quantitative estimate of drug-likeness (QED) is 0.0699. The second-order valence-corrected chi connectivity index (χ2v) is 33.6. The molecule has 8 rings (SSSR count). The fourth-order valence-electron chi connectivity index (χ4n) is 13.8. The van der Waals surface area contributed by atoms with Gasteiger partial charge in [0, 0.05) is 185 Å². The number of allylic oxidation sites excluding steroid dienone is 11. The second-order valence-electron chi connectivity index (χ2n) is 33.6. The van der Waals surface area contributed by atoms with Crippen LogP contribution in [0.1, 0.15) is 156 Å². The minimum atomic E-state index is -2.29. The lowest BCUT2D eigenvalue weighted by Crippen LogP contribution is -2.57. The Bertz CT molecular complexity index is 3180. The summed E-state index contributed by atoms with van der Waals surface area (Å²) in [6.07, 6.45) is 33.6. The number of rotatable bonds is 28. The number of nitrogens with zero attached hydrogens (tertiary/aromatic N) is 14. The van der Waals surface area contributed by atoms with Crippen LogP contribution in [0.15, 0.2) is 206 Å². The van der Waals surface area contributed by atoms with Crippen molar-refractivity contribution in [2.45, 2.75) is 223 Å². The first-order valence-corrected chi connectivity index (χ1v) is 40.5. The Balaban J connectivity index is 0.000000437. The van der Waals surface area contributed by atoms with E-state index >= 15 is 0 Å². The molecule has 3 saturated heterocycles. The summed E-state index contributed by atoms with van der Waals surface area (Å²) < 4.78 is 62.9. The van der Waals surface area contributed by atoms with Crippen molar-refractivity contribution < 1.29 is 22.0 Å². The minimum absolute atomic E-state index is 0.169. The number of hydrogen-bond donors (Lipinski definition) is 0. The SMILES string of the molecule is C=C1C=C(CC2(F)CN(C)C2)C=CN1C(C)C.C=C1C=CC(CCN(C)CC(F)F)=CN1C(C)C.C=C1C=CC(CCN(C)CC)=CN1C(C)C.C=C1C=CC(CN(C)CC(F)F)=CN1C(C)C.C=C1C=CC(CN(C)CC)=CN1C(C)C.C=C1CC(CN(C)C)CCN1C(C)C.C=C1CCC(N(C)C)CN1C(C)C. The Labute approximate surface area is 669 Å². The van der Waals surface area contributed by atoms with Crippen molar-refractivity contribution in [1.82, 2.24) is 68.6 Å². The Morgan fingerprint density at radius 2 is 0.855 bits per heavy atom. The van der Waals surface area contributed by atoms with Gasteiger partial charge in [0.1, 0.15) is 5.67 Å². The third-order valence-corrected chi connectivity index (χ3v) is 20.4. The van der Waals surface area contributed by atoms with Crippen LogP contribution in [-0.2, 0) is 0 Å². The highest BCUT2D eigenvalue weighted by atomic mass is 19.3. The molecule has 0 amide bonds. The van der Waals surface area contributed by atoms with Gasteiger partial charge in [-0.25, -0.2) is 22.0 Å². The van der Waals surface area contributed by atoms with E-state index < -0.39 is 18.5 Å². The van der Waals surface area contributed by atoms with Gasteiger partial charge in [0.05, 0.1) is 13.1 Å². The van der Waals surface area contributed by atoms with Gasteiger partial charge < -0.3 is 58.8 Å². The Morgan fingerprint density at radius 1 is 0.455 bits per heavy atom. The topological polar surface area (TPSA) is 45.4 Å². The highest BCUT2D eigenvalue weighted by molar-refractivity contribution is 5.38. The van der Waals surface area contributed by atoms with E-state index in [9.17, 15) is 22.0 Å². The van der Waals surface area contributed by atoms with Crippen LogP contribution < -0.4 is 0 Å². The summed E-state index contributed by atoms with van der Waals surface area (Å²) in [6, 6.07) is 3.94. The average Bonchev–Trinajstić information content (AvgIpc) is 0.794. The molecule has 0 N–H and O–H groups in total. The molecule has 3 fully saturated rings. The van der Waals surface area contributed by atoms with E-state index in [-0.39, 0.29) is 13.1 Å². The molecule has 14 nitrogen and oxygen atoms in total. The van der Waals surface area contributed by atoms with Crippen molar-refractivity contribution >= 4 is 0 Å². The van der Waals surface area contributed by atoms with Gasteiger partial charge in [-0.3, -0.25) is 9.80 Å². The van der Waals surface area contributed by atoms with Gasteiger partial charge in [0.2, 0.25) is 0 Å². The van der Waals surface area contributed by atoms with Gasteiger partial charge in [-0.2, -0.15) is 0 Å². The van der Waals surface area contributed by atoms with Crippen molar-refractivity contribution in [3.05, 3.63) is 206 Å². The fourth-order valence-corrected chi connectivity index (χ4v) is 13.8. The molecule has 8 aliphatic heterocycles. The van der Waals surface area contributed by atoms with Crippen LogP contribution in [0.2, 0.25) is 0 Å². The molecule has 0 spiro atoms. The van der Waals surface area contributed by atoms with Crippen LogP contribution in [0, 0.1) is 5.92 Å². The molecule has 624 valence electrons. The summed E-state index contributed by atoms with van der Waals surface area (Å²) in [5, 5.41) is 0. The summed E-state index contributed by atoms with van der Waals surface area (Å²) in [5.41, 5.74) is 12.6. The number of likely N-dealkylation sites (tertiary alicyclic amines) is 3. The van der Waals surface area contributed by atoms with Gasteiger partial charge in [-0.1, -0.05) is 84.2 Å². The van der Waals surface area contributed by atoms with Crippen LogP contribution in [-0.4, -0.2) is 284 Å². The molecule has 0 aromatic carbocycles. The van der Waals surface area contributed by atoms with Gasteiger partial charge in [0.15, 0.2) is 0 Å². The van der Waals surface area contributed by atoms with E-state index in [1.165, 1.54) is 54.9 Å². The van der Waals surface area contributed by atoms with E-state index in [1.807, 2.05) is 65.7 Å². The third-order valence-electron chi connectivity index (χ3n) is 20.4. The average molecular weight is 1540 g/mol. The van der Waals surface area contributed by atoms with Crippen LogP contribution in [0.3, 0.4) is 0 Å². The number of likely N-dealkylation sites (N-methyl/N-ethyl adjacent to an activating group) is 3. The summed E-state index contributed by atoms with van der Waals surface area (Å²) >= 11 is 0. The van der Waals surface area contributed by atoms with Crippen molar-refractivity contribution in [2.24, 2.45) is 5.92 Å². The first kappa shape index (κ1) is 99.6. The molecule has 8 heterocycles. The maximum atomic E-state index is 14.2. The summed E-state index contributed by atoms with van der Waals surface area (Å²) in [5.74, 6) is 0.812. The Hall–Kier alpha value is -6.45. The Morgan fingerprint density at radius 3 is 1.22 bits per heavy atom. The lowest BCUT2D eigenvalue weighted by Gasteiger charge is -2.43. The maximum absolute atomic E-state index is 14.2. The summed E-state index contributed by atoms with van der Waals surface area (Å²) in [6.45, 7) is 72.7. The number of halogens is 5. The highest BCUT2D eigenvalue weighted by Gasteiger charge is 2.42. The zero-order valence-electron chi connectivity index (χ0n) is 73.8. The smallest absolute Gasteiger partial charge is 0.251 e. The van der Waals surface area contributed by atoms with E-state index in [1.54, 1.807) is 23.9 Å². The van der Waals surface area contributed by atoms with E-state index in [0.717, 1.165) is 103 Å². The van der Waals surface area contributed by atoms with Gasteiger partial charge in [0.25, 0.3) is 12.9 Å². The largest absolute Gasteiger partial charge is 0.373 e. The molecule has 2 atom stereocenters. The normalized spacial score (nSPS) is 19.4. The predicted octanol–water partition coefficient (Wildman–Crippen LogP) is 18.6. The Kier molecular flexibility index (Phi) is 45.2. The summed E-state index contributed by atoms with van der Waals surface area (Å²) in [7, 11) is 18.3. The molecule has 8 aliphatic rings. The van der Waals surface area contributed by atoms with Crippen molar-refractivity contribution in [1.29, 1.82) is 0 Å².